The quantitative estimate of drug-likeness (QED) is 0.802. The Labute approximate surface area is 102 Å². The first-order valence-electron chi connectivity index (χ1n) is 6.02. The van der Waals surface area contributed by atoms with Crippen molar-refractivity contribution >= 4 is 0 Å². The minimum absolute atomic E-state index is 0.0202. The fraction of sp³-hybridized carbons (Fsp3) is 0.615. The number of hydrogen-bond acceptors (Lipinski definition) is 3. The van der Waals surface area contributed by atoms with Gasteiger partial charge in [-0.2, -0.15) is 0 Å². The van der Waals surface area contributed by atoms with Crippen molar-refractivity contribution in [2.24, 2.45) is 0 Å². The van der Waals surface area contributed by atoms with E-state index in [1.165, 1.54) is 0 Å². The lowest BCUT2D eigenvalue weighted by Crippen LogP contribution is -2.40. The van der Waals surface area contributed by atoms with E-state index in [9.17, 15) is 9.90 Å². The number of pyridine rings is 1. The van der Waals surface area contributed by atoms with E-state index in [-0.39, 0.29) is 5.56 Å². The van der Waals surface area contributed by atoms with Gasteiger partial charge in [0.1, 0.15) is 0 Å². The van der Waals surface area contributed by atoms with Gasteiger partial charge in [0, 0.05) is 31.9 Å². The Morgan fingerprint density at radius 2 is 2.12 bits per heavy atom. The Morgan fingerprint density at radius 1 is 1.41 bits per heavy atom. The lowest BCUT2D eigenvalue weighted by atomic mass is 10.1. The molecule has 0 atom stereocenters. The molecule has 1 aromatic rings. The summed E-state index contributed by atoms with van der Waals surface area (Å²) in [7, 11) is 0. The lowest BCUT2D eigenvalue weighted by Gasteiger charge is -2.28. The van der Waals surface area contributed by atoms with E-state index in [1.54, 1.807) is 36.7 Å². The van der Waals surface area contributed by atoms with E-state index in [1.807, 2.05) is 6.07 Å². The van der Waals surface area contributed by atoms with E-state index in [0.717, 1.165) is 13.1 Å². The predicted octanol–water partition coefficient (Wildman–Crippen LogP) is 0.941. The van der Waals surface area contributed by atoms with Gasteiger partial charge in [-0.05, 0) is 26.5 Å². The topological polar surface area (TPSA) is 45.5 Å². The minimum atomic E-state index is -0.697. The van der Waals surface area contributed by atoms with Gasteiger partial charge in [0.15, 0.2) is 0 Å². The largest absolute Gasteiger partial charge is 0.389 e. The summed E-state index contributed by atoms with van der Waals surface area (Å²) in [6.45, 7) is 8.55. The molecule has 1 heterocycles. The average Bonchev–Trinajstić information content (AvgIpc) is 2.24. The third-order valence-electron chi connectivity index (χ3n) is 2.61. The Hall–Kier alpha value is -1.13. The first-order valence-corrected chi connectivity index (χ1v) is 6.02. The summed E-state index contributed by atoms with van der Waals surface area (Å²) in [5.41, 5.74) is -0.677. The zero-order chi connectivity index (χ0) is 12.9. The number of nitrogens with zero attached hydrogens (tertiary/aromatic N) is 2. The molecule has 1 N–H and O–H groups in total. The van der Waals surface area contributed by atoms with E-state index in [0.29, 0.717) is 13.1 Å². The van der Waals surface area contributed by atoms with Gasteiger partial charge in [0.25, 0.3) is 5.56 Å². The van der Waals surface area contributed by atoms with Gasteiger partial charge >= 0.3 is 0 Å². The molecule has 0 aliphatic carbocycles. The molecule has 0 aromatic carbocycles. The second-order valence-corrected chi connectivity index (χ2v) is 4.91. The standard InChI is InChI=1S/C13H22N2O2/c1-4-14(11-13(2,3)17)9-10-15-8-6-5-7-12(15)16/h5-8,17H,4,9-11H2,1-3H3. The normalized spacial score (nSPS) is 12.1. The molecule has 0 bridgehead atoms. The van der Waals surface area contributed by atoms with Gasteiger partial charge in [-0.25, -0.2) is 0 Å². The zero-order valence-electron chi connectivity index (χ0n) is 10.9. The van der Waals surface area contributed by atoms with Gasteiger partial charge < -0.3 is 9.67 Å². The summed E-state index contributed by atoms with van der Waals surface area (Å²) >= 11 is 0. The van der Waals surface area contributed by atoms with Crippen molar-refractivity contribution in [2.45, 2.75) is 32.9 Å². The third-order valence-corrected chi connectivity index (χ3v) is 2.61. The third kappa shape index (κ3) is 5.15. The van der Waals surface area contributed by atoms with Crippen molar-refractivity contribution in [3.8, 4) is 0 Å². The molecule has 4 nitrogen and oxygen atoms in total. The molecule has 0 aliphatic heterocycles. The van der Waals surface area contributed by atoms with E-state index >= 15 is 0 Å². The summed E-state index contributed by atoms with van der Waals surface area (Å²) in [4.78, 5) is 13.6. The van der Waals surface area contributed by atoms with Crippen LogP contribution in [0, 0.1) is 0 Å². The summed E-state index contributed by atoms with van der Waals surface area (Å²) in [6.07, 6.45) is 1.79. The van der Waals surface area contributed by atoms with Crippen molar-refractivity contribution in [3.05, 3.63) is 34.7 Å². The van der Waals surface area contributed by atoms with E-state index < -0.39 is 5.60 Å². The molecule has 96 valence electrons. The lowest BCUT2D eigenvalue weighted by molar-refractivity contribution is 0.0367. The van der Waals surface area contributed by atoms with Crippen molar-refractivity contribution in [1.29, 1.82) is 0 Å². The Morgan fingerprint density at radius 3 is 2.65 bits per heavy atom. The molecule has 0 saturated carbocycles. The number of hydrogen-bond donors (Lipinski definition) is 1. The molecule has 1 rings (SSSR count). The summed E-state index contributed by atoms with van der Waals surface area (Å²) < 4.78 is 1.69. The molecule has 0 unspecified atom stereocenters. The summed E-state index contributed by atoms with van der Waals surface area (Å²) in [5, 5.41) is 9.76. The maximum Gasteiger partial charge on any atom is 0.250 e. The molecule has 0 spiro atoms. The molecule has 0 saturated heterocycles. The predicted molar refractivity (Wildman–Crippen MR) is 69.1 cm³/mol. The van der Waals surface area contributed by atoms with Crippen LogP contribution in [0.15, 0.2) is 29.2 Å². The van der Waals surface area contributed by atoms with Gasteiger partial charge in [0.2, 0.25) is 0 Å². The van der Waals surface area contributed by atoms with Crippen LogP contribution in [0.25, 0.3) is 0 Å². The SMILES string of the molecule is CCN(CCn1ccccc1=O)CC(C)(C)O. The van der Waals surface area contributed by atoms with Crippen molar-refractivity contribution < 1.29 is 5.11 Å². The second-order valence-electron chi connectivity index (χ2n) is 4.91. The highest BCUT2D eigenvalue weighted by atomic mass is 16.3. The highest BCUT2D eigenvalue weighted by Gasteiger charge is 2.16. The number of likely N-dealkylation sites (N-methyl/N-ethyl adjacent to an activating group) is 1. The van der Waals surface area contributed by atoms with Crippen LogP contribution in [0.3, 0.4) is 0 Å². The molecule has 0 amide bonds. The van der Waals surface area contributed by atoms with Crippen LogP contribution in [0.1, 0.15) is 20.8 Å². The summed E-state index contributed by atoms with van der Waals surface area (Å²) in [6, 6.07) is 5.16. The zero-order valence-corrected chi connectivity index (χ0v) is 10.9. The monoisotopic (exact) mass is 238 g/mol. The maximum atomic E-state index is 11.5. The molecule has 0 fully saturated rings. The Kier molecular flexibility index (Phi) is 4.90. The first-order chi connectivity index (χ1) is 7.92. The highest BCUT2D eigenvalue weighted by molar-refractivity contribution is 4.93. The van der Waals surface area contributed by atoms with Gasteiger partial charge in [0.05, 0.1) is 5.60 Å². The molecular formula is C13H22N2O2. The van der Waals surface area contributed by atoms with Crippen LogP contribution in [-0.4, -0.2) is 39.8 Å². The fourth-order valence-corrected chi connectivity index (χ4v) is 1.79. The second kappa shape index (κ2) is 5.98. The van der Waals surface area contributed by atoms with Crippen LogP contribution < -0.4 is 5.56 Å². The molecule has 0 aliphatic rings. The van der Waals surface area contributed by atoms with E-state index in [2.05, 4.69) is 11.8 Å². The van der Waals surface area contributed by atoms with Gasteiger partial charge in [-0.3, -0.25) is 9.69 Å². The molecule has 4 heteroatoms. The van der Waals surface area contributed by atoms with Crippen LogP contribution in [0.4, 0.5) is 0 Å². The molecule has 1 aromatic heterocycles. The molecular weight excluding hydrogens is 216 g/mol. The Bertz CT molecular complexity index is 393. The minimum Gasteiger partial charge on any atom is -0.389 e. The Balaban J connectivity index is 2.54. The van der Waals surface area contributed by atoms with Gasteiger partial charge in [-0.1, -0.05) is 13.0 Å². The summed E-state index contributed by atoms with van der Waals surface area (Å²) in [5.74, 6) is 0. The fourth-order valence-electron chi connectivity index (χ4n) is 1.79. The van der Waals surface area contributed by atoms with Crippen LogP contribution in [0.5, 0.6) is 0 Å². The number of aliphatic hydroxyl groups is 1. The van der Waals surface area contributed by atoms with Crippen LogP contribution in [0.2, 0.25) is 0 Å². The van der Waals surface area contributed by atoms with Gasteiger partial charge in [-0.15, -0.1) is 0 Å². The van der Waals surface area contributed by atoms with Crippen molar-refractivity contribution in [3.63, 3.8) is 0 Å². The maximum absolute atomic E-state index is 11.5. The molecule has 17 heavy (non-hydrogen) atoms. The van der Waals surface area contributed by atoms with Crippen LogP contribution in [-0.2, 0) is 6.54 Å². The van der Waals surface area contributed by atoms with Crippen LogP contribution >= 0.6 is 0 Å². The molecule has 0 radical (unpaired) electrons. The smallest absolute Gasteiger partial charge is 0.250 e. The van der Waals surface area contributed by atoms with Crippen molar-refractivity contribution in [1.82, 2.24) is 9.47 Å². The first kappa shape index (κ1) is 13.9. The average molecular weight is 238 g/mol. The number of aromatic nitrogens is 1. The highest BCUT2D eigenvalue weighted by Crippen LogP contribution is 2.04. The van der Waals surface area contributed by atoms with E-state index in [4.69, 9.17) is 0 Å². The number of rotatable bonds is 6. The van der Waals surface area contributed by atoms with Crippen molar-refractivity contribution in [2.75, 3.05) is 19.6 Å².